The first kappa shape index (κ1) is 23.7. The van der Waals surface area contributed by atoms with Gasteiger partial charge in [0, 0.05) is 24.8 Å². The zero-order valence-corrected chi connectivity index (χ0v) is 18.8. The van der Waals surface area contributed by atoms with Gasteiger partial charge in [-0.2, -0.15) is 0 Å². The highest BCUT2D eigenvalue weighted by molar-refractivity contribution is 7.89. The standard InChI is InChI=1S/C20H23ClN2O6S/c1-12-6-8-15(30(26,27)23(3)4)11-17(12)22-19(24)13(2)29-20(25)16-10-14(21)7-9-18(16)28-5/h6-11,13H,1-5H3,(H,22,24). The van der Waals surface area contributed by atoms with Gasteiger partial charge in [0.05, 0.1) is 12.0 Å². The topological polar surface area (TPSA) is 102 Å². The van der Waals surface area contributed by atoms with Crippen molar-refractivity contribution in [1.82, 2.24) is 4.31 Å². The number of nitrogens with zero attached hydrogens (tertiary/aromatic N) is 1. The van der Waals surface area contributed by atoms with Gasteiger partial charge < -0.3 is 14.8 Å². The molecule has 0 heterocycles. The van der Waals surface area contributed by atoms with Gasteiger partial charge in [-0.1, -0.05) is 17.7 Å². The fourth-order valence-electron chi connectivity index (χ4n) is 2.46. The SMILES string of the molecule is COc1ccc(Cl)cc1C(=O)OC(C)C(=O)Nc1cc(S(=O)(=O)N(C)C)ccc1C. The summed E-state index contributed by atoms with van der Waals surface area (Å²) in [6.45, 7) is 3.12. The summed E-state index contributed by atoms with van der Waals surface area (Å²) < 4.78 is 36.1. The number of aryl methyl sites for hydroxylation is 1. The number of amides is 1. The second-order valence-corrected chi connectivity index (χ2v) is 9.23. The van der Waals surface area contributed by atoms with E-state index in [4.69, 9.17) is 21.1 Å². The van der Waals surface area contributed by atoms with Crippen LogP contribution in [0.2, 0.25) is 5.02 Å². The van der Waals surface area contributed by atoms with Crippen LogP contribution in [-0.4, -0.2) is 51.9 Å². The molecule has 30 heavy (non-hydrogen) atoms. The van der Waals surface area contributed by atoms with Gasteiger partial charge in [-0.3, -0.25) is 4.79 Å². The third-order valence-electron chi connectivity index (χ3n) is 4.28. The van der Waals surface area contributed by atoms with Crippen molar-refractivity contribution in [2.45, 2.75) is 24.8 Å². The van der Waals surface area contributed by atoms with Crippen molar-refractivity contribution in [2.24, 2.45) is 0 Å². The van der Waals surface area contributed by atoms with Gasteiger partial charge in [0.2, 0.25) is 10.0 Å². The zero-order chi connectivity index (χ0) is 22.6. The van der Waals surface area contributed by atoms with E-state index in [2.05, 4.69) is 5.32 Å². The van der Waals surface area contributed by atoms with Crippen LogP contribution in [0.25, 0.3) is 0 Å². The van der Waals surface area contributed by atoms with E-state index in [9.17, 15) is 18.0 Å². The van der Waals surface area contributed by atoms with Crippen LogP contribution in [-0.2, 0) is 19.6 Å². The van der Waals surface area contributed by atoms with Crippen molar-refractivity contribution < 1.29 is 27.5 Å². The molecule has 1 unspecified atom stereocenters. The molecule has 1 atom stereocenters. The summed E-state index contributed by atoms with van der Waals surface area (Å²) in [4.78, 5) is 25.0. The van der Waals surface area contributed by atoms with Crippen molar-refractivity contribution >= 4 is 39.2 Å². The molecular weight excluding hydrogens is 432 g/mol. The van der Waals surface area contributed by atoms with E-state index in [0.717, 1.165) is 4.31 Å². The minimum Gasteiger partial charge on any atom is -0.496 e. The fourth-order valence-corrected chi connectivity index (χ4v) is 3.56. The number of hydrogen-bond donors (Lipinski definition) is 1. The number of methoxy groups -OCH3 is 1. The molecule has 1 amide bonds. The molecule has 0 aliphatic carbocycles. The summed E-state index contributed by atoms with van der Waals surface area (Å²) in [5, 5.41) is 2.92. The number of carbonyl (C=O) groups excluding carboxylic acids is 2. The van der Waals surface area contributed by atoms with Crippen LogP contribution in [0, 0.1) is 6.92 Å². The molecule has 2 aromatic rings. The predicted molar refractivity (Wildman–Crippen MR) is 114 cm³/mol. The maximum Gasteiger partial charge on any atom is 0.342 e. The van der Waals surface area contributed by atoms with Crippen LogP contribution in [0.5, 0.6) is 5.75 Å². The summed E-state index contributed by atoms with van der Waals surface area (Å²) >= 11 is 5.92. The highest BCUT2D eigenvalue weighted by Gasteiger charge is 2.23. The third kappa shape index (κ3) is 5.29. The Morgan fingerprint density at radius 2 is 1.80 bits per heavy atom. The monoisotopic (exact) mass is 454 g/mol. The number of halogens is 1. The molecule has 10 heteroatoms. The molecule has 0 saturated heterocycles. The van der Waals surface area contributed by atoms with E-state index >= 15 is 0 Å². The van der Waals surface area contributed by atoms with E-state index in [0.29, 0.717) is 16.3 Å². The van der Waals surface area contributed by atoms with Crippen LogP contribution in [0.15, 0.2) is 41.3 Å². The number of ether oxygens (including phenoxy) is 2. The highest BCUT2D eigenvalue weighted by Crippen LogP contribution is 2.25. The van der Waals surface area contributed by atoms with Crippen molar-refractivity contribution in [3.63, 3.8) is 0 Å². The Morgan fingerprint density at radius 3 is 2.40 bits per heavy atom. The van der Waals surface area contributed by atoms with Gasteiger partial charge in [0.15, 0.2) is 6.10 Å². The minimum absolute atomic E-state index is 0.0294. The van der Waals surface area contributed by atoms with Gasteiger partial charge in [0.1, 0.15) is 11.3 Å². The average Bonchev–Trinajstić information content (AvgIpc) is 2.69. The van der Waals surface area contributed by atoms with E-state index in [1.807, 2.05) is 0 Å². The Kier molecular flexibility index (Phi) is 7.46. The fraction of sp³-hybridized carbons (Fsp3) is 0.300. The van der Waals surface area contributed by atoms with Gasteiger partial charge >= 0.3 is 5.97 Å². The molecule has 0 spiro atoms. The summed E-state index contributed by atoms with van der Waals surface area (Å²) in [6.07, 6.45) is -1.16. The zero-order valence-electron chi connectivity index (χ0n) is 17.2. The number of benzene rings is 2. The lowest BCUT2D eigenvalue weighted by molar-refractivity contribution is -0.123. The minimum atomic E-state index is -3.67. The molecule has 0 bridgehead atoms. The molecular formula is C20H23ClN2O6S. The lowest BCUT2D eigenvalue weighted by atomic mass is 10.2. The number of hydrogen-bond acceptors (Lipinski definition) is 6. The molecule has 1 N–H and O–H groups in total. The van der Waals surface area contributed by atoms with Gasteiger partial charge in [-0.25, -0.2) is 17.5 Å². The second kappa shape index (κ2) is 9.46. The first-order chi connectivity index (χ1) is 14.0. The number of sulfonamides is 1. The number of esters is 1. The predicted octanol–water partition coefficient (Wildman–Crippen LogP) is 3.09. The van der Waals surface area contributed by atoms with Gasteiger partial charge in [0.25, 0.3) is 5.91 Å². The molecule has 0 saturated carbocycles. The summed E-state index contributed by atoms with van der Waals surface area (Å²) in [5.41, 5.74) is 1.03. The third-order valence-corrected chi connectivity index (χ3v) is 6.33. The molecule has 162 valence electrons. The Hall–Kier alpha value is -2.62. The number of rotatable bonds is 7. The Bertz CT molecular complexity index is 1070. The van der Waals surface area contributed by atoms with Gasteiger partial charge in [-0.15, -0.1) is 0 Å². The first-order valence-corrected chi connectivity index (χ1v) is 10.7. The van der Waals surface area contributed by atoms with Gasteiger partial charge in [-0.05, 0) is 49.7 Å². The Balaban J connectivity index is 2.19. The van der Waals surface area contributed by atoms with E-state index < -0.39 is 28.0 Å². The summed E-state index contributed by atoms with van der Waals surface area (Å²) in [6, 6.07) is 8.85. The van der Waals surface area contributed by atoms with Crippen LogP contribution in [0.3, 0.4) is 0 Å². The lowest BCUT2D eigenvalue weighted by Crippen LogP contribution is -2.30. The smallest absolute Gasteiger partial charge is 0.342 e. The maximum absolute atomic E-state index is 12.5. The molecule has 0 aliphatic heterocycles. The normalized spacial score (nSPS) is 12.4. The lowest BCUT2D eigenvalue weighted by Gasteiger charge is -2.17. The molecule has 0 fully saturated rings. The number of anilines is 1. The van der Waals surface area contributed by atoms with E-state index in [-0.39, 0.29) is 16.2 Å². The molecule has 0 aromatic heterocycles. The van der Waals surface area contributed by atoms with E-state index in [1.54, 1.807) is 19.1 Å². The van der Waals surface area contributed by atoms with Crippen LogP contribution >= 0.6 is 11.6 Å². The summed E-state index contributed by atoms with van der Waals surface area (Å²) in [5.74, 6) is -1.14. The Morgan fingerprint density at radius 1 is 1.13 bits per heavy atom. The summed E-state index contributed by atoms with van der Waals surface area (Å²) in [7, 11) is 0.559. The molecule has 8 nitrogen and oxygen atoms in total. The molecule has 0 radical (unpaired) electrons. The molecule has 2 aromatic carbocycles. The highest BCUT2D eigenvalue weighted by atomic mass is 35.5. The largest absolute Gasteiger partial charge is 0.496 e. The van der Waals surface area contributed by atoms with Crippen molar-refractivity contribution in [1.29, 1.82) is 0 Å². The first-order valence-electron chi connectivity index (χ1n) is 8.86. The average molecular weight is 455 g/mol. The number of nitrogens with one attached hydrogen (secondary N) is 1. The molecule has 0 aliphatic rings. The maximum atomic E-state index is 12.5. The van der Waals surface area contributed by atoms with Crippen LogP contribution in [0.1, 0.15) is 22.8 Å². The van der Waals surface area contributed by atoms with Crippen LogP contribution in [0.4, 0.5) is 5.69 Å². The number of carbonyl (C=O) groups is 2. The molecule has 2 rings (SSSR count). The second-order valence-electron chi connectivity index (χ2n) is 6.65. The van der Waals surface area contributed by atoms with Crippen LogP contribution < -0.4 is 10.1 Å². The van der Waals surface area contributed by atoms with E-state index in [1.165, 1.54) is 52.4 Å². The van der Waals surface area contributed by atoms with Crippen molar-refractivity contribution in [3.05, 3.63) is 52.5 Å². The Labute approximate surface area is 180 Å². The van der Waals surface area contributed by atoms with Crippen molar-refractivity contribution in [2.75, 3.05) is 26.5 Å². The van der Waals surface area contributed by atoms with Crippen molar-refractivity contribution in [3.8, 4) is 5.75 Å². The quantitative estimate of drug-likeness (QED) is 0.645.